The van der Waals surface area contributed by atoms with Crippen LogP contribution in [0.25, 0.3) is 22.1 Å². The molecular formula is C37H34Br2ClN9O5S2. The van der Waals surface area contributed by atoms with Crippen LogP contribution < -0.4 is 10.2 Å². The number of rotatable bonds is 8. The summed E-state index contributed by atoms with van der Waals surface area (Å²) in [5, 5.41) is 14.5. The molecule has 19 heteroatoms. The number of aromatic nitrogens is 7. The van der Waals surface area contributed by atoms with Gasteiger partial charge >= 0.3 is 0 Å². The highest BCUT2D eigenvalue weighted by atomic mass is 79.9. The lowest BCUT2D eigenvalue weighted by Crippen LogP contribution is -2.38. The van der Waals surface area contributed by atoms with E-state index >= 15 is 0 Å². The predicted octanol–water partition coefficient (Wildman–Crippen LogP) is 7.10. The number of halogens is 3. The average molecular weight is 944 g/mol. The summed E-state index contributed by atoms with van der Waals surface area (Å²) < 4.78 is 55.4. The van der Waals surface area contributed by atoms with Crippen molar-refractivity contribution >= 4 is 97.2 Å². The first-order valence-electron chi connectivity index (χ1n) is 17.2. The predicted molar refractivity (Wildman–Crippen MR) is 222 cm³/mol. The second kappa shape index (κ2) is 16.2. The average Bonchev–Trinajstić information content (AvgIpc) is 3.73. The number of benzene rings is 2. The van der Waals surface area contributed by atoms with Crippen molar-refractivity contribution in [2.75, 3.05) is 23.3 Å². The van der Waals surface area contributed by atoms with Crippen molar-refractivity contribution in [2.45, 2.75) is 49.1 Å². The van der Waals surface area contributed by atoms with Gasteiger partial charge in [-0.1, -0.05) is 53.1 Å². The maximum Gasteiger partial charge on any atom is 0.269 e. The van der Waals surface area contributed by atoms with Crippen molar-refractivity contribution < 1.29 is 21.9 Å². The minimum absolute atomic E-state index is 0.185. The first-order chi connectivity index (χ1) is 26.7. The minimum atomic E-state index is -3.84. The van der Waals surface area contributed by atoms with Crippen LogP contribution in [0, 0.1) is 13.8 Å². The molecule has 1 unspecified atom stereocenters. The summed E-state index contributed by atoms with van der Waals surface area (Å²) in [6.45, 7) is 5.63. The molecule has 0 bridgehead atoms. The zero-order valence-corrected chi connectivity index (χ0v) is 35.4. The Balaban J connectivity index is 0.000000195. The van der Waals surface area contributed by atoms with E-state index in [0.29, 0.717) is 38.6 Å². The molecule has 1 aliphatic heterocycles. The molecule has 7 aromatic rings. The Labute approximate surface area is 345 Å². The summed E-state index contributed by atoms with van der Waals surface area (Å²) in [5.41, 5.74) is 3.28. The van der Waals surface area contributed by atoms with Gasteiger partial charge in [0.2, 0.25) is 0 Å². The molecule has 14 nitrogen and oxygen atoms in total. The first kappa shape index (κ1) is 39.8. The summed E-state index contributed by atoms with van der Waals surface area (Å²) in [6.07, 6.45) is 6.92. The maximum absolute atomic E-state index is 13.3. The normalized spacial score (nSPS) is 14.8. The van der Waals surface area contributed by atoms with E-state index in [1.807, 2.05) is 32.0 Å². The van der Waals surface area contributed by atoms with Gasteiger partial charge in [-0.2, -0.15) is 0 Å². The summed E-state index contributed by atoms with van der Waals surface area (Å²) in [6, 6.07) is 19.1. The lowest BCUT2D eigenvalue weighted by molar-refractivity contribution is 0.154. The van der Waals surface area contributed by atoms with Gasteiger partial charge < -0.3 is 15.3 Å². The minimum Gasteiger partial charge on any atom is -0.391 e. The Kier molecular flexibility index (Phi) is 11.5. The quantitative estimate of drug-likeness (QED) is 0.148. The Bertz CT molecular complexity index is 2780. The van der Waals surface area contributed by atoms with Crippen LogP contribution in [0.3, 0.4) is 0 Å². The molecule has 0 spiro atoms. The summed E-state index contributed by atoms with van der Waals surface area (Å²) >= 11 is 12.8. The van der Waals surface area contributed by atoms with Gasteiger partial charge in [-0.25, -0.2) is 49.7 Å². The van der Waals surface area contributed by atoms with Gasteiger partial charge in [0.1, 0.15) is 29.4 Å². The number of aliphatic hydroxyl groups is 1. The number of hydrogen-bond acceptors (Lipinski definition) is 12. The SMILES string of the molecule is Cc1ccc(S(=O)(=O)n2cc(Br)c3c(Cl)ncnc32)cc1.Cc1ccc(S(=O)(=O)n2cc(Br)c3c(NCc4cccc(N5CCCC(O)C5)n4)ncnc32)cc1. The smallest absolute Gasteiger partial charge is 0.269 e. The number of fused-ring (bicyclic) bond motifs is 2. The first-order valence-corrected chi connectivity index (χ1v) is 22.0. The van der Waals surface area contributed by atoms with Gasteiger partial charge in [-0.15, -0.1) is 0 Å². The third-order valence-electron chi connectivity index (χ3n) is 9.07. The number of nitrogens with one attached hydrogen (secondary N) is 1. The molecule has 1 fully saturated rings. The molecule has 0 amide bonds. The van der Waals surface area contributed by atoms with Gasteiger partial charge in [-0.05, 0) is 94.9 Å². The van der Waals surface area contributed by atoms with Crippen LogP contribution in [0.2, 0.25) is 5.15 Å². The lowest BCUT2D eigenvalue weighted by Gasteiger charge is -2.31. The molecule has 2 N–H and O–H groups in total. The zero-order valence-electron chi connectivity index (χ0n) is 29.9. The molecular weight excluding hydrogens is 910 g/mol. The second-order valence-electron chi connectivity index (χ2n) is 13.0. The molecule has 0 saturated carbocycles. The summed E-state index contributed by atoms with van der Waals surface area (Å²) in [4.78, 5) is 23.7. The van der Waals surface area contributed by atoms with E-state index in [0.717, 1.165) is 46.0 Å². The Morgan fingerprint density at radius 1 is 0.786 bits per heavy atom. The van der Waals surface area contributed by atoms with Gasteiger partial charge in [0, 0.05) is 34.4 Å². The number of hydrogen-bond donors (Lipinski definition) is 2. The van der Waals surface area contributed by atoms with E-state index < -0.39 is 20.0 Å². The van der Waals surface area contributed by atoms with Crippen LogP contribution in [0.5, 0.6) is 0 Å². The molecule has 1 aliphatic rings. The molecule has 56 heavy (non-hydrogen) atoms. The lowest BCUT2D eigenvalue weighted by atomic mass is 10.1. The zero-order chi connectivity index (χ0) is 39.8. The van der Waals surface area contributed by atoms with Crippen molar-refractivity contribution in [3.05, 3.63) is 123 Å². The van der Waals surface area contributed by atoms with Crippen LogP contribution in [0.1, 0.15) is 29.7 Å². The molecule has 0 aliphatic carbocycles. The molecule has 5 aromatic heterocycles. The van der Waals surface area contributed by atoms with E-state index in [1.165, 1.54) is 29.0 Å². The number of aryl methyl sites for hydroxylation is 2. The monoisotopic (exact) mass is 941 g/mol. The second-order valence-corrected chi connectivity index (χ2v) is 18.7. The summed E-state index contributed by atoms with van der Waals surface area (Å²) in [7, 11) is -7.58. The highest BCUT2D eigenvalue weighted by Crippen LogP contribution is 2.34. The topological polar surface area (TPSA) is 178 Å². The van der Waals surface area contributed by atoms with Crippen LogP contribution >= 0.6 is 43.5 Å². The molecule has 2 aromatic carbocycles. The van der Waals surface area contributed by atoms with Crippen molar-refractivity contribution in [1.82, 2.24) is 32.9 Å². The molecule has 1 saturated heterocycles. The number of nitrogens with zero attached hydrogens (tertiary/aromatic N) is 8. The van der Waals surface area contributed by atoms with Gasteiger partial charge in [0.05, 0.1) is 38.9 Å². The number of piperidine rings is 1. The van der Waals surface area contributed by atoms with Gasteiger partial charge in [0.15, 0.2) is 11.3 Å². The van der Waals surface area contributed by atoms with Crippen molar-refractivity contribution in [1.29, 1.82) is 0 Å². The van der Waals surface area contributed by atoms with Crippen molar-refractivity contribution in [3.63, 3.8) is 0 Å². The third kappa shape index (κ3) is 8.03. The highest BCUT2D eigenvalue weighted by molar-refractivity contribution is 9.11. The number of pyridine rings is 1. The molecule has 290 valence electrons. The van der Waals surface area contributed by atoms with Gasteiger partial charge in [-0.3, -0.25) is 0 Å². The van der Waals surface area contributed by atoms with Crippen LogP contribution in [0.4, 0.5) is 11.6 Å². The van der Waals surface area contributed by atoms with Crippen molar-refractivity contribution in [3.8, 4) is 0 Å². The van der Waals surface area contributed by atoms with Crippen molar-refractivity contribution in [2.24, 2.45) is 0 Å². The fraction of sp³-hybridized carbons (Fsp3) is 0.216. The number of anilines is 2. The van der Waals surface area contributed by atoms with E-state index in [4.69, 9.17) is 16.6 Å². The van der Waals surface area contributed by atoms with Crippen LogP contribution in [0.15, 0.2) is 111 Å². The maximum atomic E-state index is 13.3. The molecule has 6 heterocycles. The molecule has 1 atom stereocenters. The van der Waals surface area contributed by atoms with E-state index in [9.17, 15) is 21.9 Å². The summed E-state index contributed by atoms with van der Waals surface area (Å²) in [5.74, 6) is 1.33. The van der Waals surface area contributed by atoms with E-state index in [1.54, 1.807) is 48.5 Å². The fourth-order valence-corrected chi connectivity index (χ4v) is 10.6. The van der Waals surface area contributed by atoms with E-state index in [-0.39, 0.29) is 32.3 Å². The van der Waals surface area contributed by atoms with Crippen LogP contribution in [-0.4, -0.2) is 74.0 Å². The fourth-order valence-electron chi connectivity index (χ4n) is 6.18. The molecule has 8 rings (SSSR count). The standard InChI is InChI=1S/C24H25BrN6O3S.C13H9BrClN3O2S/c1-16-7-9-19(10-8-16)35(33,34)31-14-20(25)22-23(27-15-28-24(22)31)26-12-17-4-2-6-21(29-17)30-11-3-5-18(32)13-30;1-8-2-4-9(5-3-8)21(19,20)18-6-10(14)11-12(15)16-7-17-13(11)18/h2,4,6-10,14-15,18,32H,3,5,11-13H2,1H3,(H,26,27,28);2-7H,1H3. The Hall–Kier alpha value is -4.46. The van der Waals surface area contributed by atoms with E-state index in [2.05, 4.69) is 62.0 Å². The number of β-amino-alcohol motifs (C(OH)–C–C–N with tert-alkyl or cyclic N) is 1. The highest BCUT2D eigenvalue weighted by Gasteiger charge is 2.25. The van der Waals surface area contributed by atoms with Crippen LogP contribution in [-0.2, 0) is 26.6 Å². The molecule has 0 radical (unpaired) electrons. The largest absolute Gasteiger partial charge is 0.391 e. The Morgan fingerprint density at radius 3 is 1.93 bits per heavy atom. The number of aliphatic hydroxyl groups excluding tert-OH is 1. The Morgan fingerprint density at radius 2 is 1.34 bits per heavy atom. The van der Waals surface area contributed by atoms with Gasteiger partial charge in [0.25, 0.3) is 20.0 Å². The third-order valence-corrected chi connectivity index (χ3v) is 13.9.